The summed E-state index contributed by atoms with van der Waals surface area (Å²) in [6.07, 6.45) is 0.657. The highest BCUT2D eigenvalue weighted by Gasteiger charge is 2.37. The van der Waals surface area contributed by atoms with Crippen molar-refractivity contribution in [2.24, 2.45) is 0 Å². The van der Waals surface area contributed by atoms with Crippen molar-refractivity contribution in [1.82, 2.24) is 9.80 Å². The third kappa shape index (κ3) is 3.83. The predicted octanol–water partition coefficient (Wildman–Crippen LogP) is 2.45. The maximum atomic E-state index is 11.4. The lowest BCUT2D eigenvalue weighted by Gasteiger charge is -2.48. The molecule has 116 valence electrons. The van der Waals surface area contributed by atoms with E-state index in [2.05, 4.69) is 47.9 Å². The number of carbonyl (C=O) groups is 1. The van der Waals surface area contributed by atoms with Crippen LogP contribution >= 0.6 is 0 Å². The van der Waals surface area contributed by atoms with Gasteiger partial charge in [0.2, 0.25) is 0 Å². The van der Waals surface area contributed by atoms with Gasteiger partial charge in [-0.25, -0.2) is 0 Å². The molecule has 1 N–H and O–H groups in total. The summed E-state index contributed by atoms with van der Waals surface area (Å²) in [5.74, 6) is -0.704. The van der Waals surface area contributed by atoms with Gasteiger partial charge in [-0.15, -0.1) is 0 Å². The van der Waals surface area contributed by atoms with Crippen molar-refractivity contribution >= 4 is 5.97 Å². The van der Waals surface area contributed by atoms with E-state index in [-0.39, 0.29) is 11.6 Å². The van der Waals surface area contributed by atoms with Gasteiger partial charge in [-0.3, -0.25) is 14.6 Å². The molecule has 0 saturated carbocycles. The normalized spacial score (nSPS) is 21.1. The highest BCUT2D eigenvalue weighted by Crippen LogP contribution is 2.25. The summed E-state index contributed by atoms with van der Waals surface area (Å²) in [6, 6.07) is 10.1. The van der Waals surface area contributed by atoms with E-state index >= 15 is 0 Å². The fraction of sp³-hybridized carbons (Fsp3) is 0.588. The van der Waals surface area contributed by atoms with E-state index in [4.69, 9.17) is 0 Å². The van der Waals surface area contributed by atoms with Crippen LogP contribution in [0.5, 0.6) is 0 Å². The third-order valence-electron chi connectivity index (χ3n) is 4.43. The molecule has 0 aliphatic carbocycles. The molecule has 1 saturated heterocycles. The summed E-state index contributed by atoms with van der Waals surface area (Å²) in [5.41, 5.74) is 1.29. The molecule has 0 spiro atoms. The largest absolute Gasteiger partial charge is 0.480 e. The molecule has 1 aliphatic rings. The van der Waals surface area contributed by atoms with E-state index in [0.29, 0.717) is 6.42 Å². The predicted molar refractivity (Wildman–Crippen MR) is 84.2 cm³/mol. The average molecular weight is 290 g/mol. The minimum Gasteiger partial charge on any atom is -0.480 e. The van der Waals surface area contributed by atoms with Gasteiger partial charge in [0, 0.05) is 31.7 Å². The summed E-state index contributed by atoms with van der Waals surface area (Å²) in [7, 11) is 0. The molecule has 1 aromatic rings. The van der Waals surface area contributed by atoms with Crippen LogP contribution in [0.1, 0.15) is 32.8 Å². The van der Waals surface area contributed by atoms with Gasteiger partial charge in [0.15, 0.2) is 0 Å². The van der Waals surface area contributed by atoms with Crippen LogP contribution in [0.4, 0.5) is 0 Å². The molecule has 4 heteroatoms. The van der Waals surface area contributed by atoms with Crippen LogP contribution in [0.25, 0.3) is 0 Å². The summed E-state index contributed by atoms with van der Waals surface area (Å²) in [4.78, 5) is 15.9. The topological polar surface area (TPSA) is 43.8 Å². The van der Waals surface area contributed by atoms with Crippen molar-refractivity contribution < 1.29 is 9.90 Å². The number of rotatable bonds is 5. The number of nitrogens with zero attached hydrogens (tertiary/aromatic N) is 2. The van der Waals surface area contributed by atoms with Gasteiger partial charge in [0.05, 0.1) is 0 Å². The summed E-state index contributed by atoms with van der Waals surface area (Å²) in [6.45, 7) is 9.80. The van der Waals surface area contributed by atoms with Gasteiger partial charge in [-0.2, -0.15) is 0 Å². The Labute approximate surface area is 127 Å². The van der Waals surface area contributed by atoms with Crippen molar-refractivity contribution in [2.75, 3.05) is 19.6 Å². The number of benzene rings is 1. The molecule has 1 fully saturated rings. The fourth-order valence-corrected chi connectivity index (χ4v) is 3.18. The molecule has 0 bridgehead atoms. The summed E-state index contributed by atoms with van der Waals surface area (Å²) >= 11 is 0. The Morgan fingerprint density at radius 3 is 2.48 bits per heavy atom. The highest BCUT2D eigenvalue weighted by molar-refractivity contribution is 5.73. The molecule has 0 aromatic heterocycles. The molecule has 0 radical (unpaired) electrons. The van der Waals surface area contributed by atoms with Gasteiger partial charge >= 0.3 is 5.97 Å². The second-order valence-electron chi connectivity index (χ2n) is 6.45. The zero-order chi connectivity index (χ0) is 15.5. The van der Waals surface area contributed by atoms with Crippen molar-refractivity contribution in [3.8, 4) is 0 Å². The van der Waals surface area contributed by atoms with E-state index in [1.165, 1.54) is 5.56 Å². The van der Waals surface area contributed by atoms with Gasteiger partial charge in [-0.05, 0) is 25.8 Å². The summed E-state index contributed by atoms with van der Waals surface area (Å²) in [5, 5.41) is 9.34. The molecule has 4 nitrogen and oxygen atoms in total. The van der Waals surface area contributed by atoms with Gasteiger partial charge in [0.25, 0.3) is 0 Å². The molecule has 1 unspecified atom stereocenters. The van der Waals surface area contributed by atoms with Crippen molar-refractivity contribution in [1.29, 1.82) is 0 Å². The highest BCUT2D eigenvalue weighted by atomic mass is 16.4. The van der Waals surface area contributed by atoms with Gasteiger partial charge in [0.1, 0.15) is 6.04 Å². The standard InChI is InChI=1S/C17H26N2O2/c1-4-15(16(20)21)18-10-11-19(17(2,3)13-18)12-14-8-6-5-7-9-14/h5-9,15H,4,10-13H2,1-3H3,(H,20,21). The Kier molecular flexibility index (Phi) is 5.01. The first-order valence-electron chi connectivity index (χ1n) is 7.70. The van der Waals surface area contributed by atoms with E-state index in [9.17, 15) is 9.90 Å². The van der Waals surface area contributed by atoms with Gasteiger partial charge < -0.3 is 5.11 Å². The minimum absolute atomic E-state index is 0.0169. The molecule has 21 heavy (non-hydrogen) atoms. The van der Waals surface area contributed by atoms with Crippen LogP contribution in [-0.4, -0.2) is 52.1 Å². The number of carboxylic acids is 1. The SMILES string of the molecule is CCC(C(=O)O)N1CCN(Cc2ccccc2)C(C)(C)C1. The van der Waals surface area contributed by atoms with E-state index in [0.717, 1.165) is 26.2 Å². The first-order chi connectivity index (χ1) is 9.94. The number of carboxylic acid groups (broad SMARTS) is 1. The zero-order valence-electron chi connectivity index (χ0n) is 13.2. The lowest BCUT2D eigenvalue weighted by molar-refractivity contribution is -0.145. The molecule has 2 rings (SSSR count). The van der Waals surface area contributed by atoms with Crippen LogP contribution in [0.3, 0.4) is 0 Å². The number of piperazine rings is 1. The van der Waals surface area contributed by atoms with Crippen LogP contribution < -0.4 is 0 Å². The maximum Gasteiger partial charge on any atom is 0.320 e. The second kappa shape index (κ2) is 6.58. The maximum absolute atomic E-state index is 11.4. The molecule has 1 heterocycles. The Morgan fingerprint density at radius 2 is 1.95 bits per heavy atom. The van der Waals surface area contributed by atoms with Crippen molar-refractivity contribution in [3.05, 3.63) is 35.9 Å². The quantitative estimate of drug-likeness (QED) is 0.904. The smallest absolute Gasteiger partial charge is 0.320 e. The Morgan fingerprint density at radius 1 is 1.29 bits per heavy atom. The van der Waals surface area contributed by atoms with Crippen molar-refractivity contribution in [2.45, 2.75) is 45.3 Å². The van der Waals surface area contributed by atoms with Crippen LogP contribution in [0.2, 0.25) is 0 Å². The molecular formula is C17H26N2O2. The second-order valence-corrected chi connectivity index (χ2v) is 6.45. The van der Waals surface area contributed by atoms with Crippen LogP contribution in [0.15, 0.2) is 30.3 Å². The monoisotopic (exact) mass is 290 g/mol. The number of hydrogen-bond donors (Lipinski definition) is 1. The molecule has 0 amide bonds. The first-order valence-corrected chi connectivity index (χ1v) is 7.70. The number of aliphatic carboxylic acids is 1. The minimum atomic E-state index is -0.704. The molecule has 1 aliphatic heterocycles. The number of hydrogen-bond acceptors (Lipinski definition) is 3. The lowest BCUT2D eigenvalue weighted by Crippen LogP contribution is -2.61. The first kappa shape index (κ1) is 16.0. The van der Waals surface area contributed by atoms with Crippen LogP contribution in [0, 0.1) is 0 Å². The van der Waals surface area contributed by atoms with E-state index < -0.39 is 5.97 Å². The Bertz CT molecular complexity index is 473. The lowest BCUT2D eigenvalue weighted by atomic mass is 9.96. The summed E-state index contributed by atoms with van der Waals surface area (Å²) < 4.78 is 0. The fourth-order valence-electron chi connectivity index (χ4n) is 3.18. The van der Waals surface area contributed by atoms with E-state index in [1.54, 1.807) is 0 Å². The molecule has 1 atom stereocenters. The Balaban J connectivity index is 2.04. The van der Waals surface area contributed by atoms with Crippen molar-refractivity contribution in [3.63, 3.8) is 0 Å². The van der Waals surface area contributed by atoms with Crippen LogP contribution in [-0.2, 0) is 11.3 Å². The molecular weight excluding hydrogens is 264 g/mol. The molecule has 1 aromatic carbocycles. The van der Waals surface area contributed by atoms with E-state index in [1.807, 2.05) is 13.0 Å². The zero-order valence-corrected chi connectivity index (χ0v) is 13.2. The van der Waals surface area contributed by atoms with Gasteiger partial charge in [-0.1, -0.05) is 37.3 Å². The third-order valence-corrected chi connectivity index (χ3v) is 4.43. The Hall–Kier alpha value is -1.39. The average Bonchev–Trinajstić information content (AvgIpc) is 2.43.